The molecule has 0 spiro atoms. The van der Waals surface area contributed by atoms with Gasteiger partial charge in [-0.05, 0) is 73.6 Å². The molecule has 98 heavy (non-hydrogen) atoms. The summed E-state index contributed by atoms with van der Waals surface area (Å²) >= 11 is 0. The molecule has 1 aliphatic carbocycles. The van der Waals surface area contributed by atoms with Crippen LogP contribution in [0.2, 0.25) is 0 Å². The van der Waals surface area contributed by atoms with Gasteiger partial charge in [-0.15, -0.1) is 0 Å². The Bertz CT molecular complexity index is 3770. The summed E-state index contributed by atoms with van der Waals surface area (Å²) in [6, 6.07) is 28.0. The molecule has 8 aromatic rings. The zero-order valence-electron chi connectivity index (χ0n) is 60.4. The molecule has 6 heterocycles. The lowest BCUT2D eigenvalue weighted by atomic mass is 9.75. The Labute approximate surface area is 605 Å². The second-order valence-electron chi connectivity index (χ2n) is 29.2. The zero-order valence-corrected chi connectivity index (χ0v) is 63.6. The average Bonchev–Trinajstić information content (AvgIpc) is 0.745. The van der Waals surface area contributed by atoms with Crippen LogP contribution in [-0.4, -0.2) is 36.3 Å². The highest BCUT2D eigenvalue weighted by Crippen LogP contribution is 2.57. The van der Waals surface area contributed by atoms with Crippen LogP contribution in [0.4, 0.5) is 0 Å². The number of ether oxygens (including phenoxy) is 8. The molecule has 0 fully saturated rings. The van der Waals surface area contributed by atoms with E-state index >= 15 is 0 Å². The first-order chi connectivity index (χ1) is 46.8. The topological polar surface area (TPSA) is 91.5 Å². The number of rotatable bonds is 26. The summed E-state index contributed by atoms with van der Waals surface area (Å²) in [6.45, 7) is 28.6. The third-order valence-corrected chi connectivity index (χ3v) is 21.4. The van der Waals surface area contributed by atoms with Crippen molar-refractivity contribution in [2.75, 3.05) is 27.2 Å². The van der Waals surface area contributed by atoms with Crippen molar-refractivity contribution >= 4 is 0 Å². The van der Waals surface area contributed by atoms with E-state index in [2.05, 4.69) is 212 Å². The maximum atomic E-state index is 7.49. The van der Waals surface area contributed by atoms with Gasteiger partial charge in [-0.3, -0.25) is 0 Å². The van der Waals surface area contributed by atoms with Crippen LogP contribution in [0.15, 0.2) is 110 Å². The van der Waals surface area contributed by atoms with E-state index in [1.807, 2.05) is 0 Å². The third-order valence-electron chi connectivity index (χ3n) is 21.4. The van der Waals surface area contributed by atoms with Gasteiger partial charge < -0.3 is 71.9 Å². The molecule has 2 atom stereocenters. The summed E-state index contributed by atoms with van der Waals surface area (Å²) in [5.41, 5.74) is 19.1. The maximum absolute atomic E-state index is 7.49. The average molecular weight is 1460 g/mol. The quantitative estimate of drug-likeness (QED) is 0.0391. The molecule has 0 saturated carbocycles. The van der Waals surface area contributed by atoms with Crippen molar-refractivity contribution in [2.45, 2.75) is 246 Å². The SMILES string of the molecule is CCCCCC1c2cc3c4cc2OCOc2cc5c(cc21)C(CCCCC)c1cc2c(c(C[n+]6ccn(-c7c(C(C)C)cccc7C(C)C)c6)c1OCO5)OCOc1c(cc(c(c1C[n+]1ccn(-c5c(C(C)C)cccc5C(C)C)c1)OCO4)C3CCCCC)C2CCCCC.[Br-].[Br-]. The van der Waals surface area contributed by atoms with Crippen molar-refractivity contribution in [3.8, 4) is 57.4 Å². The van der Waals surface area contributed by atoms with Crippen LogP contribution < -0.4 is 81.0 Å². The van der Waals surface area contributed by atoms with Gasteiger partial charge >= 0.3 is 0 Å². The van der Waals surface area contributed by atoms with Gasteiger partial charge in [0.2, 0.25) is 39.8 Å². The molecule has 4 aliphatic heterocycles. The lowest BCUT2D eigenvalue weighted by Crippen LogP contribution is -3.00. The van der Waals surface area contributed by atoms with Gasteiger partial charge in [-0.1, -0.05) is 197 Å². The highest BCUT2D eigenvalue weighted by atomic mass is 79.9. The second-order valence-corrected chi connectivity index (χ2v) is 29.2. The minimum Gasteiger partial charge on any atom is -1.00 e. The number of nitrogens with zero attached hydrogens (tertiary/aromatic N) is 4. The number of imidazole rings is 2. The second kappa shape index (κ2) is 32.2. The highest BCUT2D eigenvalue weighted by molar-refractivity contribution is 5.68. The highest BCUT2D eigenvalue weighted by Gasteiger charge is 2.41. The number of unbranched alkanes of at least 4 members (excludes halogenated alkanes) is 8. The molecule has 5 aliphatic rings. The molecular formula is C84H106Br2N4O8. The standard InChI is InChI=1S/C84H106N4O8.2BrH/c1-13-17-21-27-61-65-39-67-62(28-22-18-14-2)69-41-71-64(30-24-20-16-4)72-42-70-63(29-23-19-15-3)68-40-66(61)76-44-78(68)92-51-94-82(70)74(46-86-36-38-88(48-86)80-59(55(9)10)33-26-34-60(80)56(11)12)84(72)96-52-95-83(71)73(81(69)93-50-91-77(67)43-75(65)89-49-90-76)45-85-35-37-87(47-85)79-57(53(5)6)31-25-32-58(79)54(7)8;;/h25-26,31-44,47-48,53-56,61-64H,13-24,27-30,45-46,49-52H2,1-12H3;2*1H/q+2;;/p-2. The molecular weight excluding hydrogens is 1350 g/mol. The Morgan fingerprint density at radius 3 is 0.918 bits per heavy atom. The number of aromatic nitrogens is 4. The van der Waals surface area contributed by atoms with Crippen molar-refractivity contribution in [1.29, 1.82) is 0 Å². The Morgan fingerprint density at radius 2 is 0.622 bits per heavy atom. The Balaban J connectivity index is 0.00000486. The van der Waals surface area contributed by atoms with Crippen molar-refractivity contribution in [3.63, 3.8) is 0 Å². The first kappa shape index (κ1) is 72.4. The van der Waals surface area contributed by atoms with E-state index in [9.17, 15) is 0 Å². The first-order valence-electron chi connectivity index (χ1n) is 37.0. The van der Waals surface area contributed by atoms with Crippen molar-refractivity contribution in [2.24, 2.45) is 0 Å². The van der Waals surface area contributed by atoms with Gasteiger partial charge in [0.1, 0.15) is 95.2 Å². The molecule has 524 valence electrons. The molecule has 13 rings (SSSR count). The molecule has 12 nitrogen and oxygen atoms in total. The minimum atomic E-state index is -0.161. The smallest absolute Gasteiger partial charge is 0.249 e. The predicted octanol–water partition coefficient (Wildman–Crippen LogP) is 14.5. The largest absolute Gasteiger partial charge is 1.00 e. The van der Waals surface area contributed by atoms with Crippen molar-refractivity contribution in [1.82, 2.24) is 9.13 Å². The molecule has 0 N–H and O–H groups in total. The summed E-state index contributed by atoms with van der Waals surface area (Å²) in [7, 11) is 0. The van der Waals surface area contributed by atoms with Crippen LogP contribution in [0.5, 0.6) is 46.0 Å². The van der Waals surface area contributed by atoms with Gasteiger partial charge in [-0.25, -0.2) is 18.3 Å². The molecule has 8 bridgehead atoms. The lowest BCUT2D eigenvalue weighted by Gasteiger charge is -2.36. The van der Waals surface area contributed by atoms with Crippen LogP contribution in [0.1, 0.15) is 311 Å². The number of benzene rings is 6. The normalized spacial score (nSPS) is 17.0. The molecule has 0 saturated heterocycles. The molecule has 14 heteroatoms. The first-order valence-corrected chi connectivity index (χ1v) is 37.0. The minimum absolute atomic E-state index is 0. The fraction of sp³-hybridized carbons (Fsp3) is 0.500. The summed E-state index contributed by atoms with van der Waals surface area (Å²) in [6.07, 6.45) is 29.9. The van der Waals surface area contributed by atoms with E-state index in [4.69, 9.17) is 37.9 Å². The van der Waals surface area contributed by atoms with Gasteiger partial charge in [0, 0.05) is 103 Å². The van der Waals surface area contributed by atoms with Crippen molar-refractivity contribution in [3.05, 3.63) is 188 Å². The van der Waals surface area contributed by atoms with Gasteiger partial charge in [-0.2, -0.15) is 0 Å². The van der Waals surface area contributed by atoms with Gasteiger partial charge in [0.15, 0.2) is 0 Å². The summed E-state index contributed by atoms with van der Waals surface area (Å²) < 4.78 is 66.7. The predicted molar refractivity (Wildman–Crippen MR) is 381 cm³/mol. The monoisotopic (exact) mass is 1460 g/mol. The van der Waals surface area contributed by atoms with E-state index < -0.39 is 0 Å². The summed E-state index contributed by atoms with van der Waals surface area (Å²) in [4.78, 5) is 0. The fourth-order valence-corrected chi connectivity index (χ4v) is 16.4. The molecule has 2 aromatic heterocycles. The van der Waals surface area contributed by atoms with Crippen LogP contribution in [0.25, 0.3) is 11.4 Å². The van der Waals surface area contributed by atoms with Crippen LogP contribution in [0, 0.1) is 0 Å². The molecule has 0 radical (unpaired) electrons. The lowest BCUT2D eigenvalue weighted by molar-refractivity contribution is -0.687. The van der Waals surface area contributed by atoms with Crippen LogP contribution in [-0.2, 0) is 13.1 Å². The number of hydrogen-bond donors (Lipinski definition) is 0. The van der Waals surface area contributed by atoms with Crippen LogP contribution >= 0.6 is 0 Å². The fourth-order valence-electron chi connectivity index (χ4n) is 16.4. The maximum Gasteiger partial charge on any atom is 0.249 e. The van der Waals surface area contributed by atoms with E-state index in [0.29, 0.717) is 36.8 Å². The Kier molecular flexibility index (Phi) is 23.8. The van der Waals surface area contributed by atoms with Crippen LogP contribution in [0.3, 0.4) is 0 Å². The summed E-state index contributed by atoms with van der Waals surface area (Å²) in [5.74, 6) is 7.32. The van der Waals surface area contributed by atoms with E-state index in [-0.39, 0.29) is 84.8 Å². The number of hydrogen-bond acceptors (Lipinski definition) is 8. The van der Waals surface area contributed by atoms with Gasteiger partial charge in [0.25, 0.3) is 0 Å². The molecule has 6 aromatic carbocycles. The number of para-hydroxylation sites is 2. The summed E-state index contributed by atoms with van der Waals surface area (Å²) in [5, 5.41) is 0. The molecule has 2 unspecified atom stereocenters. The van der Waals surface area contributed by atoms with Gasteiger partial charge in [0.05, 0.1) is 11.1 Å². The Morgan fingerprint density at radius 1 is 0.357 bits per heavy atom. The van der Waals surface area contributed by atoms with E-state index in [1.165, 1.54) is 78.1 Å². The molecule has 0 amide bonds. The van der Waals surface area contributed by atoms with E-state index in [1.54, 1.807) is 0 Å². The Hall–Kier alpha value is -6.90. The van der Waals surface area contributed by atoms with Crippen molar-refractivity contribution < 1.29 is 81.0 Å². The van der Waals surface area contributed by atoms with E-state index in [0.717, 1.165) is 160 Å². The zero-order chi connectivity index (χ0) is 66.7. The third kappa shape index (κ3) is 14.4. The number of halogens is 2.